The van der Waals surface area contributed by atoms with Gasteiger partial charge in [0.15, 0.2) is 0 Å². The fraction of sp³-hybridized carbons (Fsp3) is 0.500. The van der Waals surface area contributed by atoms with Gasteiger partial charge in [0.05, 0.1) is 0 Å². The van der Waals surface area contributed by atoms with Crippen LogP contribution in [0.15, 0.2) is 60.7 Å². The van der Waals surface area contributed by atoms with Crippen LogP contribution in [0.1, 0.15) is 46.0 Å². The Morgan fingerprint density at radius 2 is 1.34 bits per heavy atom. The quantitative estimate of drug-likeness (QED) is 0.477. The summed E-state index contributed by atoms with van der Waals surface area (Å²) in [5, 5.41) is 13.0. The van der Waals surface area contributed by atoms with Crippen LogP contribution in [-0.2, 0) is 14.0 Å². The molecule has 0 aliphatic heterocycles. The summed E-state index contributed by atoms with van der Waals surface area (Å²) in [6, 6.07) is 18.7. The predicted octanol–water partition coefficient (Wildman–Crippen LogP) is 4.67. The average Bonchev–Trinajstić information content (AvgIpc) is 2.79. The summed E-state index contributed by atoms with van der Waals surface area (Å²) in [6.45, 7) is 4.32. The van der Waals surface area contributed by atoms with Crippen LogP contribution in [0.5, 0.6) is 0 Å². The molecule has 2 aromatic carbocycles. The summed E-state index contributed by atoms with van der Waals surface area (Å²) in [5.74, 6) is 0.00241. The van der Waals surface area contributed by atoms with Gasteiger partial charge < -0.3 is 19.1 Å². The van der Waals surface area contributed by atoms with E-state index in [-0.39, 0.29) is 5.92 Å². The van der Waals surface area contributed by atoms with Crippen molar-refractivity contribution in [1.29, 1.82) is 0 Å². The Bertz CT molecular complexity index is 738. The Hall–Kier alpha value is -1.45. The second-order valence-corrected chi connectivity index (χ2v) is 10.5. The number of hydrogen-bond acceptors (Lipinski definition) is 4. The fourth-order valence-electron chi connectivity index (χ4n) is 4.53. The molecule has 1 aliphatic rings. The van der Waals surface area contributed by atoms with Crippen molar-refractivity contribution in [3.05, 3.63) is 60.7 Å². The molecule has 1 fully saturated rings. The first-order chi connectivity index (χ1) is 14.1. The summed E-state index contributed by atoms with van der Waals surface area (Å²) in [6.07, 6.45) is 4.12. The van der Waals surface area contributed by atoms with Crippen molar-refractivity contribution in [2.45, 2.75) is 57.6 Å². The maximum Gasteiger partial charge on any atom is 0.257 e. The molecule has 0 amide bonds. The minimum Gasteiger partial charge on any atom is -0.387 e. The van der Waals surface area contributed by atoms with E-state index in [1.807, 2.05) is 74.5 Å². The number of benzene rings is 2. The van der Waals surface area contributed by atoms with Crippen LogP contribution in [0.3, 0.4) is 0 Å². The van der Waals surface area contributed by atoms with E-state index in [2.05, 4.69) is 0 Å². The lowest BCUT2D eigenvalue weighted by molar-refractivity contribution is -0.237. The first kappa shape index (κ1) is 22.2. The van der Waals surface area contributed by atoms with Crippen molar-refractivity contribution in [2.75, 3.05) is 13.2 Å². The molecule has 0 spiro atoms. The van der Waals surface area contributed by atoms with Crippen LogP contribution in [0.4, 0.5) is 0 Å². The largest absolute Gasteiger partial charge is 0.387 e. The van der Waals surface area contributed by atoms with Gasteiger partial charge in [0, 0.05) is 23.8 Å². The van der Waals surface area contributed by atoms with Gasteiger partial charge in [0.1, 0.15) is 6.10 Å². The SMILES string of the molecule is CCOC(OCC)(C(O)C1CCCCC1)P(=O)(c1ccccc1)c1ccccc1. The first-order valence-electron chi connectivity index (χ1n) is 10.8. The van der Waals surface area contributed by atoms with E-state index in [0.717, 1.165) is 25.7 Å². The minimum atomic E-state index is -3.52. The Morgan fingerprint density at radius 3 is 1.76 bits per heavy atom. The van der Waals surface area contributed by atoms with E-state index in [4.69, 9.17) is 9.47 Å². The lowest BCUT2D eigenvalue weighted by atomic mass is 9.85. The molecule has 29 heavy (non-hydrogen) atoms. The van der Waals surface area contributed by atoms with Crippen LogP contribution in [-0.4, -0.2) is 30.0 Å². The standard InChI is InChI=1S/C24H33O4P/c1-3-27-24(28-4-2,23(25)20-14-8-5-9-15-20)29(26,21-16-10-6-11-17-21)22-18-12-7-13-19-22/h6-7,10-13,16-20,23,25H,3-5,8-9,14-15H2,1-2H3. The first-order valence-corrected chi connectivity index (χ1v) is 12.5. The maximum absolute atomic E-state index is 15.1. The predicted molar refractivity (Wildman–Crippen MR) is 118 cm³/mol. The van der Waals surface area contributed by atoms with Gasteiger partial charge in [-0.3, -0.25) is 0 Å². The third kappa shape index (κ3) is 4.22. The molecule has 3 rings (SSSR count). The lowest BCUT2D eigenvalue weighted by Gasteiger charge is -2.46. The van der Waals surface area contributed by atoms with Crippen molar-refractivity contribution in [2.24, 2.45) is 5.92 Å². The lowest BCUT2D eigenvalue weighted by Crippen LogP contribution is -2.55. The Kier molecular flexibility index (Phi) is 7.70. The molecule has 5 heteroatoms. The molecule has 1 N–H and O–H groups in total. The highest BCUT2D eigenvalue weighted by Crippen LogP contribution is 2.60. The number of aliphatic hydroxyl groups is 1. The molecular formula is C24H33O4P. The molecule has 1 saturated carbocycles. The van der Waals surface area contributed by atoms with Gasteiger partial charge in [0.25, 0.3) is 5.53 Å². The zero-order valence-corrected chi connectivity index (χ0v) is 18.4. The van der Waals surface area contributed by atoms with Crippen molar-refractivity contribution < 1.29 is 19.1 Å². The van der Waals surface area contributed by atoms with E-state index in [0.29, 0.717) is 23.8 Å². The van der Waals surface area contributed by atoms with Crippen molar-refractivity contribution in [3.63, 3.8) is 0 Å². The molecule has 1 atom stereocenters. The molecule has 0 bridgehead atoms. The highest BCUT2D eigenvalue weighted by molar-refractivity contribution is 7.79. The van der Waals surface area contributed by atoms with Crippen molar-refractivity contribution in [3.8, 4) is 0 Å². The Morgan fingerprint density at radius 1 is 0.897 bits per heavy atom. The Labute approximate surface area is 174 Å². The molecule has 0 saturated heterocycles. The summed E-state index contributed by atoms with van der Waals surface area (Å²) in [5.41, 5.74) is -1.61. The van der Waals surface area contributed by atoms with Crippen LogP contribution < -0.4 is 10.6 Å². The second-order valence-electron chi connectivity index (χ2n) is 7.62. The van der Waals surface area contributed by atoms with E-state index in [1.165, 1.54) is 6.42 Å². The summed E-state index contributed by atoms with van der Waals surface area (Å²) in [4.78, 5) is 0. The van der Waals surface area contributed by atoms with Gasteiger partial charge in [-0.25, -0.2) is 0 Å². The maximum atomic E-state index is 15.1. The van der Waals surface area contributed by atoms with Gasteiger partial charge in [-0.05, 0) is 32.6 Å². The van der Waals surface area contributed by atoms with Crippen LogP contribution in [0.2, 0.25) is 0 Å². The third-order valence-corrected chi connectivity index (χ3v) is 9.30. The molecule has 0 radical (unpaired) electrons. The number of hydrogen-bond donors (Lipinski definition) is 1. The smallest absolute Gasteiger partial charge is 0.257 e. The third-order valence-electron chi connectivity index (χ3n) is 5.85. The van der Waals surface area contributed by atoms with E-state index >= 15 is 4.57 Å². The highest BCUT2D eigenvalue weighted by atomic mass is 31.2. The molecule has 1 aliphatic carbocycles. The number of aliphatic hydroxyl groups excluding tert-OH is 1. The molecule has 4 nitrogen and oxygen atoms in total. The van der Waals surface area contributed by atoms with Crippen molar-refractivity contribution >= 4 is 17.8 Å². The topological polar surface area (TPSA) is 55.8 Å². The molecular weight excluding hydrogens is 383 g/mol. The number of ether oxygens (including phenoxy) is 2. The van der Waals surface area contributed by atoms with Gasteiger partial charge in [-0.1, -0.05) is 79.9 Å². The van der Waals surface area contributed by atoms with Crippen LogP contribution in [0, 0.1) is 5.92 Å². The Balaban J connectivity index is 2.23. The molecule has 2 aromatic rings. The number of rotatable bonds is 9. The zero-order chi connectivity index (χ0) is 20.7. The summed E-state index contributed by atoms with van der Waals surface area (Å²) >= 11 is 0. The molecule has 0 heterocycles. The van der Waals surface area contributed by atoms with Gasteiger partial charge in [-0.2, -0.15) is 0 Å². The second kappa shape index (κ2) is 10.0. The minimum absolute atomic E-state index is 0.00241. The molecule has 1 unspecified atom stereocenters. The van der Waals surface area contributed by atoms with Gasteiger partial charge in [0.2, 0.25) is 7.14 Å². The zero-order valence-electron chi connectivity index (χ0n) is 17.5. The van der Waals surface area contributed by atoms with Gasteiger partial charge in [-0.15, -0.1) is 0 Å². The van der Waals surface area contributed by atoms with E-state index in [1.54, 1.807) is 0 Å². The average molecular weight is 416 g/mol. The molecule has 0 aromatic heterocycles. The van der Waals surface area contributed by atoms with Gasteiger partial charge >= 0.3 is 0 Å². The monoisotopic (exact) mass is 416 g/mol. The highest BCUT2D eigenvalue weighted by Gasteiger charge is 2.59. The summed E-state index contributed by atoms with van der Waals surface area (Å²) in [7, 11) is -3.52. The van der Waals surface area contributed by atoms with E-state index < -0.39 is 18.8 Å². The van der Waals surface area contributed by atoms with Crippen LogP contribution >= 0.6 is 7.14 Å². The normalized spacial score (nSPS) is 17.2. The van der Waals surface area contributed by atoms with Crippen molar-refractivity contribution in [1.82, 2.24) is 0 Å². The fourth-order valence-corrected chi connectivity index (χ4v) is 7.93. The van der Waals surface area contributed by atoms with Crippen LogP contribution in [0.25, 0.3) is 0 Å². The summed E-state index contributed by atoms with van der Waals surface area (Å²) < 4.78 is 27.5. The van der Waals surface area contributed by atoms with E-state index in [9.17, 15) is 5.11 Å². The molecule has 158 valence electrons.